The minimum absolute atomic E-state index is 0.0184. The molecule has 0 unspecified atom stereocenters. The van der Waals surface area contributed by atoms with E-state index < -0.39 is 5.91 Å². The Morgan fingerprint density at radius 3 is 2.54 bits per heavy atom. The van der Waals surface area contributed by atoms with E-state index >= 15 is 0 Å². The molecule has 2 aromatic rings. The molecule has 5 heteroatoms. The number of phenolic OH excluding ortho intramolecular Hbond substituents is 1. The molecule has 0 aromatic heterocycles. The summed E-state index contributed by atoms with van der Waals surface area (Å²) in [6, 6.07) is 10.4. The van der Waals surface area contributed by atoms with Gasteiger partial charge in [0.2, 0.25) is 0 Å². The first-order chi connectivity index (χ1) is 11.5. The molecule has 24 heavy (non-hydrogen) atoms. The first-order valence-electron chi connectivity index (χ1n) is 7.97. The summed E-state index contributed by atoms with van der Waals surface area (Å²) >= 11 is 0. The van der Waals surface area contributed by atoms with E-state index in [1.807, 2.05) is 6.92 Å². The highest BCUT2D eigenvalue weighted by atomic mass is 16.3. The summed E-state index contributed by atoms with van der Waals surface area (Å²) in [6.07, 6.45) is 2.04. The van der Waals surface area contributed by atoms with Crippen molar-refractivity contribution in [3.05, 3.63) is 58.7 Å². The van der Waals surface area contributed by atoms with Crippen LogP contribution in [0.3, 0.4) is 0 Å². The molecular weight excluding hydrogens is 304 g/mol. The zero-order chi connectivity index (χ0) is 17.3. The molecule has 0 saturated heterocycles. The van der Waals surface area contributed by atoms with E-state index in [1.165, 1.54) is 0 Å². The number of benzene rings is 2. The van der Waals surface area contributed by atoms with Crippen molar-refractivity contribution < 1.29 is 14.7 Å². The third kappa shape index (κ3) is 3.40. The van der Waals surface area contributed by atoms with E-state index in [4.69, 9.17) is 0 Å². The standard InChI is InChI=1S/C19H20N2O3/c1-11-6-9-16(17(22)12(11)2)19(24)21-15-5-3-4-13(10-15)18(23)20-14-7-8-14/h3-6,9-10,14,22H,7-8H2,1-2H3,(H,20,23)(H,21,24). The number of hydrogen-bond donors (Lipinski definition) is 3. The number of amides is 2. The van der Waals surface area contributed by atoms with Gasteiger partial charge in [-0.05, 0) is 62.1 Å². The summed E-state index contributed by atoms with van der Waals surface area (Å²) < 4.78 is 0. The van der Waals surface area contributed by atoms with Crippen molar-refractivity contribution in [3.63, 3.8) is 0 Å². The van der Waals surface area contributed by atoms with E-state index in [0.717, 1.165) is 18.4 Å². The molecule has 3 rings (SSSR count). The number of aromatic hydroxyl groups is 1. The first-order valence-corrected chi connectivity index (χ1v) is 7.97. The average molecular weight is 324 g/mol. The minimum Gasteiger partial charge on any atom is -0.507 e. The average Bonchev–Trinajstić information content (AvgIpc) is 3.37. The van der Waals surface area contributed by atoms with Gasteiger partial charge in [-0.3, -0.25) is 9.59 Å². The van der Waals surface area contributed by atoms with Crippen molar-refractivity contribution in [1.29, 1.82) is 0 Å². The number of carbonyl (C=O) groups is 2. The summed E-state index contributed by atoms with van der Waals surface area (Å²) in [5.74, 6) is -0.562. The molecule has 124 valence electrons. The van der Waals surface area contributed by atoms with E-state index in [2.05, 4.69) is 10.6 Å². The van der Waals surface area contributed by atoms with Crippen LogP contribution in [0.2, 0.25) is 0 Å². The summed E-state index contributed by atoms with van der Waals surface area (Å²) in [7, 11) is 0. The van der Waals surface area contributed by atoms with Crippen LogP contribution in [-0.4, -0.2) is 23.0 Å². The summed E-state index contributed by atoms with van der Waals surface area (Å²) in [6.45, 7) is 3.64. The fourth-order valence-corrected chi connectivity index (χ4v) is 2.42. The number of rotatable bonds is 4. The molecule has 3 N–H and O–H groups in total. The van der Waals surface area contributed by atoms with Crippen molar-refractivity contribution in [2.45, 2.75) is 32.7 Å². The quantitative estimate of drug-likeness (QED) is 0.808. The molecule has 0 atom stereocenters. The van der Waals surface area contributed by atoms with Crippen LogP contribution in [-0.2, 0) is 0 Å². The Kier molecular flexibility index (Phi) is 4.25. The SMILES string of the molecule is Cc1ccc(C(=O)Nc2cccc(C(=O)NC3CC3)c2)c(O)c1C. The zero-order valence-corrected chi connectivity index (χ0v) is 13.7. The van der Waals surface area contributed by atoms with Crippen LogP contribution in [0.25, 0.3) is 0 Å². The van der Waals surface area contributed by atoms with Gasteiger partial charge in [0.15, 0.2) is 0 Å². The van der Waals surface area contributed by atoms with Gasteiger partial charge < -0.3 is 15.7 Å². The molecule has 0 bridgehead atoms. The molecule has 5 nitrogen and oxygen atoms in total. The maximum Gasteiger partial charge on any atom is 0.259 e. The lowest BCUT2D eigenvalue weighted by Gasteiger charge is -2.11. The zero-order valence-electron chi connectivity index (χ0n) is 13.7. The maximum atomic E-state index is 12.4. The predicted octanol–water partition coefficient (Wildman–Crippen LogP) is 3.15. The van der Waals surface area contributed by atoms with Crippen LogP contribution in [0.1, 0.15) is 44.7 Å². The minimum atomic E-state index is -0.407. The molecular formula is C19H20N2O3. The van der Waals surface area contributed by atoms with Crippen LogP contribution in [0.4, 0.5) is 5.69 Å². The third-order valence-electron chi connectivity index (χ3n) is 4.24. The summed E-state index contributed by atoms with van der Waals surface area (Å²) in [5, 5.41) is 15.8. The lowest BCUT2D eigenvalue weighted by Crippen LogP contribution is -2.25. The van der Waals surface area contributed by atoms with Gasteiger partial charge in [0, 0.05) is 17.3 Å². The molecule has 2 amide bonds. The van der Waals surface area contributed by atoms with Gasteiger partial charge in [0.1, 0.15) is 5.75 Å². The van der Waals surface area contributed by atoms with Crippen molar-refractivity contribution in [2.75, 3.05) is 5.32 Å². The fourth-order valence-electron chi connectivity index (χ4n) is 2.42. The molecule has 2 aromatic carbocycles. The fraction of sp³-hybridized carbons (Fsp3) is 0.263. The molecule has 1 aliphatic rings. The smallest absolute Gasteiger partial charge is 0.259 e. The highest BCUT2D eigenvalue weighted by Gasteiger charge is 2.24. The highest BCUT2D eigenvalue weighted by Crippen LogP contribution is 2.26. The Morgan fingerprint density at radius 1 is 1.08 bits per heavy atom. The number of phenols is 1. The lowest BCUT2D eigenvalue weighted by molar-refractivity contribution is 0.0949. The van der Waals surface area contributed by atoms with Gasteiger partial charge in [-0.25, -0.2) is 0 Å². The van der Waals surface area contributed by atoms with Gasteiger partial charge in [-0.15, -0.1) is 0 Å². The van der Waals surface area contributed by atoms with E-state index in [1.54, 1.807) is 43.3 Å². The second-order valence-electron chi connectivity index (χ2n) is 6.19. The number of aryl methyl sites for hydroxylation is 1. The topological polar surface area (TPSA) is 78.4 Å². The van der Waals surface area contributed by atoms with Crippen LogP contribution in [0.15, 0.2) is 36.4 Å². The lowest BCUT2D eigenvalue weighted by atomic mass is 10.0. The van der Waals surface area contributed by atoms with Crippen LogP contribution >= 0.6 is 0 Å². The largest absolute Gasteiger partial charge is 0.507 e. The molecule has 1 fully saturated rings. The van der Waals surface area contributed by atoms with Gasteiger partial charge in [0.25, 0.3) is 11.8 Å². The van der Waals surface area contributed by atoms with E-state index in [0.29, 0.717) is 16.8 Å². The van der Waals surface area contributed by atoms with Crippen molar-refractivity contribution >= 4 is 17.5 Å². The number of hydrogen-bond acceptors (Lipinski definition) is 3. The first kappa shape index (κ1) is 16.1. The Labute approximate surface area is 140 Å². The van der Waals surface area contributed by atoms with Crippen molar-refractivity contribution in [3.8, 4) is 5.75 Å². The Balaban J connectivity index is 1.77. The second-order valence-corrected chi connectivity index (χ2v) is 6.19. The van der Waals surface area contributed by atoms with E-state index in [-0.39, 0.29) is 23.3 Å². The Hall–Kier alpha value is -2.82. The second kappa shape index (κ2) is 6.35. The molecule has 0 heterocycles. The predicted molar refractivity (Wildman–Crippen MR) is 92.5 cm³/mol. The van der Waals surface area contributed by atoms with Crippen LogP contribution in [0.5, 0.6) is 5.75 Å². The number of anilines is 1. The van der Waals surface area contributed by atoms with Crippen LogP contribution in [0, 0.1) is 13.8 Å². The summed E-state index contributed by atoms with van der Waals surface area (Å²) in [4.78, 5) is 24.5. The summed E-state index contributed by atoms with van der Waals surface area (Å²) in [5.41, 5.74) is 2.83. The van der Waals surface area contributed by atoms with Gasteiger partial charge >= 0.3 is 0 Å². The monoisotopic (exact) mass is 324 g/mol. The molecule has 0 spiro atoms. The molecule has 0 radical (unpaired) electrons. The highest BCUT2D eigenvalue weighted by molar-refractivity contribution is 6.07. The third-order valence-corrected chi connectivity index (χ3v) is 4.24. The number of carbonyl (C=O) groups excluding carboxylic acids is 2. The van der Waals surface area contributed by atoms with Crippen molar-refractivity contribution in [1.82, 2.24) is 5.32 Å². The van der Waals surface area contributed by atoms with Crippen molar-refractivity contribution in [2.24, 2.45) is 0 Å². The molecule has 0 aliphatic heterocycles. The number of nitrogens with one attached hydrogen (secondary N) is 2. The van der Waals surface area contributed by atoms with Gasteiger partial charge in [-0.2, -0.15) is 0 Å². The maximum absolute atomic E-state index is 12.4. The molecule has 1 aliphatic carbocycles. The van der Waals surface area contributed by atoms with E-state index in [9.17, 15) is 14.7 Å². The van der Waals surface area contributed by atoms with Gasteiger partial charge in [-0.1, -0.05) is 12.1 Å². The van der Waals surface area contributed by atoms with Gasteiger partial charge in [0.05, 0.1) is 5.56 Å². The van der Waals surface area contributed by atoms with Crippen LogP contribution < -0.4 is 10.6 Å². The Morgan fingerprint density at radius 2 is 1.83 bits per heavy atom. The molecule has 1 saturated carbocycles. The normalized spacial score (nSPS) is 13.4. The Bertz CT molecular complexity index is 810.